The zero-order valence-electron chi connectivity index (χ0n) is 65.6. The van der Waals surface area contributed by atoms with Crippen molar-refractivity contribution >= 4 is 29.8 Å². The van der Waals surface area contributed by atoms with Crippen molar-refractivity contribution in [3.8, 4) is 11.5 Å². The summed E-state index contributed by atoms with van der Waals surface area (Å²) in [5.74, 6) is -2.97. The molecule has 0 aromatic heterocycles. The molecule has 610 valence electrons. The van der Waals surface area contributed by atoms with Crippen LogP contribution in [0.15, 0.2) is 261 Å². The Balaban J connectivity index is 1.03. The fourth-order valence-corrected chi connectivity index (χ4v) is 14.1. The number of esters is 4. The van der Waals surface area contributed by atoms with E-state index in [1.165, 1.54) is 27.4 Å². The van der Waals surface area contributed by atoms with Gasteiger partial charge in [-0.25, -0.2) is 14.4 Å². The highest BCUT2D eigenvalue weighted by atomic mass is 16.8. The molecule has 0 aliphatic carbocycles. The number of hydrogen-bond acceptors (Lipinski definition) is 22. The van der Waals surface area contributed by atoms with Gasteiger partial charge in [0.25, 0.3) is 5.91 Å². The number of rotatable bonds is 41. The Morgan fingerprint density at radius 3 is 1.22 bits per heavy atom. The van der Waals surface area contributed by atoms with Crippen LogP contribution in [0.1, 0.15) is 121 Å². The number of benzene rings is 9. The van der Waals surface area contributed by atoms with E-state index >= 15 is 14.4 Å². The standard InChI is InChI=1S/C93H101NO22/c1-63-79(106-58-66-39-21-11-22-40-66)83(107-59-67-41-23-12-24-42-67)85(108-60-68-43-25-13-26-44-68)92(109-63)116-82-78(94-87(96)72-52-53-73(100-2)74(55-72)101-3)91(105-54-34-8-6-5-7-33-51-77(95)102-4)110-75(61-103-56-64-35-17-9-18-36-64)80(82)115-93-86(114-90(99)71-49-31-16-32-50-71)84(113-89(98)70-47-29-15-30-48-70)81(112-88(97)69-45-27-14-28-46-69)76(111-93)62-104-57-65-37-19-10-20-38-65/h9-32,35-50,52-53,55,63,75-76,78-86,91-93H,5-8,33-34,51,54,56-62H2,1-4H3,(H,94,96)/t63-,75+,76+,78+,79+,80+,81-,82+,83+,84-,85-,86+,91+,92-,93-/m0/s1. The van der Waals surface area contributed by atoms with Crippen LogP contribution < -0.4 is 14.8 Å². The van der Waals surface area contributed by atoms with Gasteiger partial charge in [0.05, 0.1) is 90.4 Å². The smallest absolute Gasteiger partial charge is 0.338 e. The van der Waals surface area contributed by atoms with Gasteiger partial charge < -0.3 is 85.8 Å². The highest BCUT2D eigenvalue weighted by Crippen LogP contribution is 2.40. The van der Waals surface area contributed by atoms with Crippen LogP contribution in [-0.2, 0) is 109 Å². The first-order chi connectivity index (χ1) is 56.9. The van der Waals surface area contributed by atoms with Gasteiger partial charge in [0.15, 0.2) is 48.7 Å². The normalized spacial score (nSPS) is 23.1. The Hall–Kier alpha value is -10.5. The van der Waals surface area contributed by atoms with Crippen LogP contribution in [-0.4, -0.2) is 163 Å². The third-order valence-electron chi connectivity index (χ3n) is 20.2. The number of hydrogen-bond donors (Lipinski definition) is 1. The summed E-state index contributed by atoms with van der Waals surface area (Å²) in [6.45, 7) is 1.64. The van der Waals surface area contributed by atoms with Gasteiger partial charge in [-0.3, -0.25) is 9.59 Å². The summed E-state index contributed by atoms with van der Waals surface area (Å²) in [5, 5.41) is 3.28. The SMILES string of the molecule is COC(=O)CCCCCCCCO[C@@H]1O[C@H](COCc2ccccc2)[C@@H](O[C@@H]2O[C@H](COCc3ccccc3)[C@H](OC(=O)c3ccccc3)[C@H](OC(=O)c3ccccc3)[C@H]2OC(=O)c2ccccc2)[C@H](O[C@@H]2O[C@@H](C)[C@@H](OCc3ccccc3)[C@@H](OCc3ccccc3)[C@@H]2OCc2ccccc2)[C@H]1NC(=O)c1ccc(OC)c(OC)c1. The first kappa shape index (κ1) is 84.9. The lowest BCUT2D eigenvalue weighted by molar-refractivity contribution is -0.378. The molecule has 0 bridgehead atoms. The van der Waals surface area contributed by atoms with E-state index in [1.807, 2.05) is 159 Å². The number of carbonyl (C=O) groups is 5. The summed E-state index contributed by atoms with van der Waals surface area (Å²) in [6.07, 6.45) is -15.2. The second-order valence-electron chi connectivity index (χ2n) is 28.4. The lowest BCUT2D eigenvalue weighted by Gasteiger charge is -2.51. The number of nitrogens with one attached hydrogen (secondary N) is 1. The lowest BCUT2D eigenvalue weighted by Crippen LogP contribution is -2.70. The molecule has 3 saturated heterocycles. The predicted octanol–water partition coefficient (Wildman–Crippen LogP) is 14.6. The maximum atomic E-state index is 15.8. The molecule has 116 heavy (non-hydrogen) atoms. The molecule has 3 aliphatic rings. The van der Waals surface area contributed by atoms with E-state index in [0.29, 0.717) is 31.4 Å². The molecule has 23 heteroatoms. The maximum absolute atomic E-state index is 15.8. The van der Waals surface area contributed by atoms with Crippen LogP contribution >= 0.6 is 0 Å². The van der Waals surface area contributed by atoms with Gasteiger partial charge in [0, 0.05) is 18.6 Å². The van der Waals surface area contributed by atoms with E-state index in [1.54, 1.807) is 103 Å². The largest absolute Gasteiger partial charge is 0.493 e. The van der Waals surface area contributed by atoms with E-state index in [-0.39, 0.29) is 86.8 Å². The highest BCUT2D eigenvalue weighted by molar-refractivity contribution is 5.95. The molecule has 0 radical (unpaired) electrons. The summed E-state index contributed by atoms with van der Waals surface area (Å²) in [7, 11) is 4.33. The number of ether oxygens (including phenoxy) is 17. The monoisotopic (exact) mass is 1580 g/mol. The van der Waals surface area contributed by atoms with Crippen molar-refractivity contribution < 1.29 is 104 Å². The molecule has 9 aromatic carbocycles. The summed E-state index contributed by atoms with van der Waals surface area (Å²) in [5.41, 5.74) is 4.56. The molecule has 0 saturated carbocycles. The molecule has 9 aromatic rings. The van der Waals surface area contributed by atoms with Gasteiger partial charge in [-0.1, -0.05) is 232 Å². The van der Waals surface area contributed by atoms with Gasteiger partial charge in [0.1, 0.15) is 48.8 Å². The molecule has 15 atom stereocenters. The van der Waals surface area contributed by atoms with Crippen molar-refractivity contribution in [2.75, 3.05) is 41.2 Å². The van der Waals surface area contributed by atoms with Gasteiger partial charge in [-0.15, -0.1) is 0 Å². The first-order valence-electron chi connectivity index (χ1n) is 39.4. The minimum absolute atomic E-state index is 0.0110. The van der Waals surface area contributed by atoms with Gasteiger partial charge >= 0.3 is 23.9 Å². The summed E-state index contributed by atoms with van der Waals surface area (Å²) in [4.78, 5) is 73.2. The van der Waals surface area contributed by atoms with E-state index in [4.69, 9.17) is 80.5 Å². The van der Waals surface area contributed by atoms with Crippen LogP contribution in [0.5, 0.6) is 11.5 Å². The Kier molecular flexibility index (Phi) is 32.6. The van der Waals surface area contributed by atoms with Crippen LogP contribution in [0.2, 0.25) is 0 Å². The molecule has 12 rings (SSSR count). The Labute approximate surface area is 676 Å². The van der Waals surface area contributed by atoms with Crippen LogP contribution in [0.25, 0.3) is 0 Å². The quantitative estimate of drug-likeness (QED) is 0.0212. The molecule has 0 spiro atoms. The summed E-state index contributed by atoms with van der Waals surface area (Å²) < 4.78 is 116. The molecule has 1 N–H and O–H groups in total. The maximum Gasteiger partial charge on any atom is 0.338 e. The average Bonchev–Trinajstić information content (AvgIpc) is 0.751. The van der Waals surface area contributed by atoms with Crippen molar-refractivity contribution in [2.24, 2.45) is 0 Å². The van der Waals surface area contributed by atoms with Crippen LogP contribution in [0.4, 0.5) is 0 Å². The Bertz CT molecular complexity index is 4430. The third-order valence-corrected chi connectivity index (χ3v) is 20.2. The average molecular weight is 1580 g/mol. The molecule has 3 fully saturated rings. The van der Waals surface area contributed by atoms with Gasteiger partial charge in [0.2, 0.25) is 0 Å². The lowest BCUT2D eigenvalue weighted by atomic mass is 9.93. The number of unbranched alkanes of at least 4 members (excludes halogenated alkanes) is 5. The van der Waals surface area contributed by atoms with Crippen molar-refractivity contribution in [1.29, 1.82) is 0 Å². The van der Waals surface area contributed by atoms with Gasteiger partial charge in [-0.05, 0) is 102 Å². The van der Waals surface area contributed by atoms with Crippen molar-refractivity contribution in [2.45, 2.75) is 177 Å². The molecule has 23 nitrogen and oxygen atoms in total. The predicted molar refractivity (Wildman–Crippen MR) is 427 cm³/mol. The van der Waals surface area contributed by atoms with E-state index in [0.717, 1.165) is 47.1 Å². The third kappa shape index (κ3) is 24.3. The molecule has 0 unspecified atom stereocenters. The minimum Gasteiger partial charge on any atom is -0.493 e. The van der Waals surface area contributed by atoms with E-state index < -0.39 is 116 Å². The zero-order chi connectivity index (χ0) is 80.6. The van der Waals surface area contributed by atoms with E-state index in [9.17, 15) is 9.59 Å². The fraction of sp³-hybridized carbons (Fsp3) is 0.366. The molecule has 1 amide bonds. The van der Waals surface area contributed by atoms with E-state index in [2.05, 4.69) is 5.32 Å². The summed E-state index contributed by atoms with van der Waals surface area (Å²) in [6, 6.07) is 75.7. The second-order valence-corrected chi connectivity index (χ2v) is 28.4. The highest BCUT2D eigenvalue weighted by Gasteiger charge is 2.59. The number of amides is 1. The molecular weight excluding hydrogens is 1480 g/mol. The summed E-state index contributed by atoms with van der Waals surface area (Å²) >= 11 is 0. The zero-order valence-corrected chi connectivity index (χ0v) is 65.6. The number of methoxy groups -OCH3 is 3. The van der Waals surface area contributed by atoms with Crippen molar-refractivity contribution in [1.82, 2.24) is 5.32 Å². The minimum atomic E-state index is -1.90. The van der Waals surface area contributed by atoms with Crippen molar-refractivity contribution in [3.63, 3.8) is 0 Å². The Morgan fingerprint density at radius 1 is 0.345 bits per heavy atom. The van der Waals surface area contributed by atoms with Crippen molar-refractivity contribution in [3.05, 3.63) is 311 Å². The molecule has 3 aliphatic heterocycles. The van der Waals surface area contributed by atoms with Gasteiger partial charge in [-0.2, -0.15) is 0 Å². The number of carbonyl (C=O) groups excluding carboxylic acids is 5. The van der Waals surface area contributed by atoms with Crippen LogP contribution in [0.3, 0.4) is 0 Å². The molecule has 3 heterocycles. The molecular formula is C93H101NO22. The Morgan fingerprint density at radius 2 is 0.741 bits per heavy atom. The fourth-order valence-electron chi connectivity index (χ4n) is 14.1. The van der Waals surface area contributed by atoms with Crippen LogP contribution in [0, 0.1) is 0 Å². The topological polar surface area (TPSA) is 254 Å². The first-order valence-corrected chi connectivity index (χ1v) is 39.4. The second kappa shape index (κ2) is 44.6.